The number of hydrogen-bond donors (Lipinski definition) is 1. The Balaban J connectivity index is 3.49. The van der Waals surface area contributed by atoms with Crippen LogP contribution in [-0.2, 0) is 4.79 Å². The molecule has 0 aliphatic carbocycles. The molecule has 0 heterocycles. The van der Waals surface area contributed by atoms with E-state index in [9.17, 15) is 53.1 Å². The van der Waals surface area contributed by atoms with Gasteiger partial charge in [-0.25, -0.2) is 18.0 Å². The second kappa shape index (κ2) is 5.75. The van der Waals surface area contributed by atoms with Gasteiger partial charge < -0.3 is 9.84 Å². The van der Waals surface area contributed by atoms with Gasteiger partial charge in [0, 0.05) is 0 Å². The van der Waals surface area contributed by atoms with Crippen LogP contribution in [0.25, 0.3) is 0 Å². The Kier molecular flexibility index (Phi) is 4.77. The zero-order valence-electron chi connectivity index (χ0n) is 10.4. The fraction of sp³-hybridized carbons (Fsp3) is 0.300. The van der Waals surface area contributed by atoms with Gasteiger partial charge in [-0.05, 0) is 0 Å². The minimum Gasteiger partial charge on any atom is -0.417 e. The van der Waals surface area contributed by atoms with E-state index in [0.717, 1.165) is 0 Å². The normalized spacial score (nSPS) is 13.2. The van der Waals surface area contributed by atoms with Gasteiger partial charge in [0.05, 0.1) is 0 Å². The summed E-state index contributed by atoms with van der Waals surface area (Å²) in [6.45, 7) is 0. The zero-order chi connectivity index (χ0) is 19.2. The molecule has 0 spiro atoms. The van der Waals surface area contributed by atoms with E-state index in [2.05, 4.69) is 4.74 Å². The molecule has 0 radical (unpaired) electrons. The van der Waals surface area contributed by atoms with Gasteiger partial charge >= 0.3 is 23.9 Å². The molecule has 14 heteroatoms. The predicted octanol–water partition coefficient (Wildman–Crippen LogP) is 3.14. The highest BCUT2D eigenvalue weighted by molar-refractivity contribution is 5.83. The van der Waals surface area contributed by atoms with Crippen LogP contribution >= 0.6 is 0 Å². The van der Waals surface area contributed by atoms with E-state index in [-0.39, 0.29) is 0 Å². The lowest BCUT2D eigenvalue weighted by Gasteiger charge is -2.29. The monoisotopic (exact) mass is 378 g/mol. The van der Waals surface area contributed by atoms with E-state index in [1.165, 1.54) is 0 Å². The second-order valence-electron chi connectivity index (χ2n) is 3.99. The molecular formula is C10HF11O3. The van der Waals surface area contributed by atoms with E-state index >= 15 is 0 Å². The van der Waals surface area contributed by atoms with Crippen LogP contribution in [0.3, 0.4) is 0 Å². The summed E-state index contributed by atoms with van der Waals surface area (Å²) < 4.78 is 141. The summed E-state index contributed by atoms with van der Waals surface area (Å²) in [7, 11) is 0. The molecule has 0 unspecified atom stereocenters. The zero-order valence-corrected chi connectivity index (χ0v) is 10.4. The molecule has 0 bridgehead atoms. The van der Waals surface area contributed by atoms with Crippen LogP contribution in [0.5, 0.6) is 5.75 Å². The highest BCUT2D eigenvalue weighted by Gasteiger charge is 2.77. The summed E-state index contributed by atoms with van der Waals surface area (Å²) >= 11 is 0. The summed E-state index contributed by atoms with van der Waals surface area (Å²) in [5.74, 6) is -21.0. The van der Waals surface area contributed by atoms with Gasteiger partial charge in [-0.2, -0.15) is 35.1 Å². The second-order valence-corrected chi connectivity index (χ2v) is 3.99. The lowest BCUT2D eigenvalue weighted by molar-refractivity contribution is -0.354. The molecule has 0 aromatic heterocycles. The Morgan fingerprint density at radius 2 is 1.00 bits per heavy atom. The van der Waals surface area contributed by atoms with Gasteiger partial charge in [-0.1, -0.05) is 0 Å². The van der Waals surface area contributed by atoms with Crippen molar-refractivity contribution in [1.29, 1.82) is 0 Å². The van der Waals surface area contributed by atoms with Crippen molar-refractivity contribution in [1.82, 2.24) is 0 Å². The van der Waals surface area contributed by atoms with E-state index in [0.29, 0.717) is 0 Å². The Bertz CT molecular complexity index is 633. The highest BCUT2D eigenvalue weighted by Crippen LogP contribution is 2.44. The topological polar surface area (TPSA) is 46.5 Å². The maximum Gasteiger partial charge on any atom is 0.437 e. The molecule has 1 N–H and O–H groups in total. The summed E-state index contributed by atoms with van der Waals surface area (Å²) in [5.41, 5.74) is -6.28. The summed E-state index contributed by atoms with van der Waals surface area (Å²) in [4.78, 5) is 11.0. The third-order valence-electron chi connectivity index (χ3n) is 2.48. The number of alkyl halides is 6. The number of esters is 1. The smallest absolute Gasteiger partial charge is 0.417 e. The van der Waals surface area contributed by atoms with Crippen molar-refractivity contribution in [3.05, 3.63) is 29.1 Å². The molecule has 0 aliphatic heterocycles. The molecule has 0 amide bonds. The van der Waals surface area contributed by atoms with Gasteiger partial charge in [0.25, 0.3) is 0 Å². The van der Waals surface area contributed by atoms with Crippen molar-refractivity contribution in [2.75, 3.05) is 0 Å². The number of carbonyl (C=O) groups excluding carboxylic acids is 1. The first kappa shape index (κ1) is 19.9. The first-order chi connectivity index (χ1) is 10.6. The minimum atomic E-state index is -6.79. The van der Waals surface area contributed by atoms with Crippen LogP contribution in [0.1, 0.15) is 0 Å². The van der Waals surface area contributed by atoms with Crippen molar-refractivity contribution < 1.29 is 62.9 Å². The Morgan fingerprint density at radius 3 is 1.29 bits per heavy atom. The fourth-order valence-electron chi connectivity index (χ4n) is 1.23. The quantitative estimate of drug-likeness (QED) is 0.283. The number of halogens is 11. The molecule has 0 atom stereocenters. The van der Waals surface area contributed by atoms with Crippen LogP contribution in [-0.4, -0.2) is 29.0 Å². The van der Waals surface area contributed by atoms with Crippen LogP contribution in [0.2, 0.25) is 0 Å². The lowest BCUT2D eigenvalue weighted by Crippen LogP contribution is -2.63. The molecule has 24 heavy (non-hydrogen) atoms. The van der Waals surface area contributed by atoms with Crippen molar-refractivity contribution in [2.24, 2.45) is 0 Å². The molecule has 1 aromatic carbocycles. The summed E-state index contributed by atoms with van der Waals surface area (Å²) in [6, 6.07) is 0. The SMILES string of the molecule is O=C(Oc1c(F)c(F)c(F)c(F)c1F)C(O)(C(F)(F)F)C(F)(F)F. The molecule has 0 aliphatic rings. The highest BCUT2D eigenvalue weighted by atomic mass is 19.4. The lowest BCUT2D eigenvalue weighted by atomic mass is 10.0. The number of hydrogen-bond acceptors (Lipinski definition) is 3. The molecule has 0 saturated carbocycles. The van der Waals surface area contributed by atoms with Crippen molar-refractivity contribution in [3.63, 3.8) is 0 Å². The van der Waals surface area contributed by atoms with Gasteiger partial charge in [0.2, 0.25) is 34.8 Å². The number of carbonyl (C=O) groups is 1. The maximum absolute atomic E-state index is 13.1. The minimum absolute atomic E-state index is 2.75. The van der Waals surface area contributed by atoms with E-state index in [1.807, 2.05) is 0 Å². The third-order valence-corrected chi connectivity index (χ3v) is 2.48. The average Bonchev–Trinajstić information content (AvgIpc) is 2.44. The maximum atomic E-state index is 13.1. The standard InChI is InChI=1S/C10HF11O3/c11-1-2(12)4(14)6(5(15)3(1)13)24-7(22)8(23,9(16,17)18)10(19,20)21/h23H. The van der Waals surface area contributed by atoms with Gasteiger partial charge in [-0.3, -0.25) is 0 Å². The Labute approximate surface area is 123 Å². The van der Waals surface area contributed by atoms with E-state index in [4.69, 9.17) is 5.11 Å². The van der Waals surface area contributed by atoms with Crippen LogP contribution < -0.4 is 4.74 Å². The first-order valence-corrected chi connectivity index (χ1v) is 5.16. The molecule has 0 saturated heterocycles. The van der Waals surface area contributed by atoms with Crippen molar-refractivity contribution in [2.45, 2.75) is 18.0 Å². The largest absolute Gasteiger partial charge is 0.437 e. The molecule has 1 aromatic rings. The van der Waals surface area contributed by atoms with E-state index in [1.54, 1.807) is 0 Å². The molecule has 3 nitrogen and oxygen atoms in total. The van der Waals surface area contributed by atoms with Crippen molar-refractivity contribution in [3.8, 4) is 5.75 Å². The molecule has 136 valence electrons. The van der Waals surface area contributed by atoms with Crippen LogP contribution in [0, 0.1) is 29.1 Å². The number of ether oxygens (including phenoxy) is 1. The Morgan fingerprint density at radius 1 is 0.708 bits per heavy atom. The van der Waals surface area contributed by atoms with E-state index < -0.39 is 58.8 Å². The van der Waals surface area contributed by atoms with Crippen LogP contribution in [0.15, 0.2) is 0 Å². The summed E-state index contributed by atoms with van der Waals surface area (Å²) in [5, 5.41) is 8.56. The number of benzene rings is 1. The third kappa shape index (κ3) is 2.85. The van der Waals surface area contributed by atoms with Gasteiger partial charge in [-0.15, -0.1) is 0 Å². The first-order valence-electron chi connectivity index (χ1n) is 5.16. The summed E-state index contributed by atoms with van der Waals surface area (Å²) in [6.07, 6.45) is -13.6. The van der Waals surface area contributed by atoms with Crippen LogP contribution in [0.4, 0.5) is 48.3 Å². The van der Waals surface area contributed by atoms with Crippen molar-refractivity contribution >= 4 is 5.97 Å². The molecule has 0 fully saturated rings. The van der Waals surface area contributed by atoms with Gasteiger partial charge in [0.1, 0.15) is 0 Å². The average molecular weight is 378 g/mol. The number of rotatable bonds is 2. The fourth-order valence-corrected chi connectivity index (χ4v) is 1.23. The number of aliphatic hydroxyl groups is 1. The Hall–Kier alpha value is -2.12. The molecule has 1 rings (SSSR count). The molecular weight excluding hydrogens is 377 g/mol. The van der Waals surface area contributed by atoms with Gasteiger partial charge in [0.15, 0.2) is 0 Å². The predicted molar refractivity (Wildman–Crippen MR) is 48.9 cm³/mol.